The molecule has 3 rings (SSSR count). The molecule has 2 heterocycles. The SMILES string of the molecule is CC(C)(C)NC(=O)Cn1cc(C(=O)C(=O)N2CCCCC2)c2ccccc21. The summed E-state index contributed by atoms with van der Waals surface area (Å²) < 4.78 is 1.74. The molecule has 0 radical (unpaired) electrons. The minimum atomic E-state index is -0.497. The number of nitrogens with one attached hydrogen (secondary N) is 1. The summed E-state index contributed by atoms with van der Waals surface area (Å²) in [5, 5.41) is 3.63. The topological polar surface area (TPSA) is 71.4 Å². The number of carbonyl (C=O) groups excluding carboxylic acids is 3. The van der Waals surface area contributed by atoms with E-state index in [0.717, 1.165) is 24.8 Å². The van der Waals surface area contributed by atoms with Crippen molar-refractivity contribution in [3.05, 3.63) is 36.0 Å². The van der Waals surface area contributed by atoms with Crippen molar-refractivity contribution in [1.29, 1.82) is 0 Å². The standard InChI is InChI=1S/C21H27N3O3/c1-21(2,3)22-18(25)14-24-13-16(15-9-5-6-10-17(15)24)19(26)20(27)23-11-7-4-8-12-23/h5-6,9-10,13H,4,7-8,11-12,14H2,1-3H3,(H,22,25). The van der Waals surface area contributed by atoms with Crippen LogP contribution in [0.3, 0.4) is 0 Å². The van der Waals surface area contributed by atoms with Gasteiger partial charge in [0.15, 0.2) is 0 Å². The third kappa shape index (κ3) is 4.38. The number of likely N-dealkylation sites (tertiary alicyclic amines) is 1. The maximum atomic E-state index is 12.9. The van der Waals surface area contributed by atoms with Gasteiger partial charge in [-0.15, -0.1) is 0 Å². The molecule has 0 spiro atoms. The molecular weight excluding hydrogens is 342 g/mol. The summed E-state index contributed by atoms with van der Waals surface area (Å²) in [5.41, 5.74) is 0.809. The molecular formula is C21H27N3O3. The number of hydrogen-bond acceptors (Lipinski definition) is 3. The smallest absolute Gasteiger partial charge is 0.295 e. The van der Waals surface area contributed by atoms with Crippen molar-refractivity contribution in [2.24, 2.45) is 0 Å². The van der Waals surface area contributed by atoms with E-state index in [4.69, 9.17) is 0 Å². The molecule has 144 valence electrons. The number of carbonyl (C=O) groups is 3. The van der Waals surface area contributed by atoms with Crippen LogP contribution in [0.2, 0.25) is 0 Å². The first-order valence-electron chi connectivity index (χ1n) is 9.49. The highest BCUT2D eigenvalue weighted by atomic mass is 16.2. The van der Waals surface area contributed by atoms with Crippen LogP contribution in [0.1, 0.15) is 50.4 Å². The fourth-order valence-electron chi connectivity index (χ4n) is 3.53. The zero-order valence-corrected chi connectivity index (χ0v) is 16.2. The van der Waals surface area contributed by atoms with E-state index < -0.39 is 11.7 Å². The molecule has 6 heteroatoms. The summed E-state index contributed by atoms with van der Waals surface area (Å²) in [6, 6.07) is 7.39. The fraction of sp³-hybridized carbons (Fsp3) is 0.476. The second-order valence-electron chi connectivity index (χ2n) is 8.17. The van der Waals surface area contributed by atoms with E-state index in [-0.39, 0.29) is 18.0 Å². The minimum absolute atomic E-state index is 0.100. The van der Waals surface area contributed by atoms with Crippen LogP contribution in [0.15, 0.2) is 30.5 Å². The van der Waals surface area contributed by atoms with Gasteiger partial charge in [-0.1, -0.05) is 18.2 Å². The molecule has 1 N–H and O–H groups in total. The summed E-state index contributed by atoms with van der Waals surface area (Å²) in [5.74, 6) is -1.08. The monoisotopic (exact) mass is 369 g/mol. The van der Waals surface area contributed by atoms with Gasteiger partial charge in [0, 0.05) is 35.7 Å². The maximum Gasteiger partial charge on any atom is 0.295 e. The highest BCUT2D eigenvalue weighted by Gasteiger charge is 2.27. The Bertz CT molecular complexity index is 870. The van der Waals surface area contributed by atoms with Crippen LogP contribution in [0.25, 0.3) is 10.9 Å². The van der Waals surface area contributed by atoms with Crippen LogP contribution in [0, 0.1) is 0 Å². The van der Waals surface area contributed by atoms with Gasteiger partial charge in [-0.3, -0.25) is 14.4 Å². The quantitative estimate of drug-likeness (QED) is 0.665. The van der Waals surface area contributed by atoms with Gasteiger partial charge in [0.05, 0.1) is 5.56 Å². The maximum absolute atomic E-state index is 12.9. The van der Waals surface area contributed by atoms with Crippen LogP contribution < -0.4 is 5.32 Å². The summed E-state index contributed by atoms with van der Waals surface area (Å²) in [6.07, 6.45) is 4.61. The summed E-state index contributed by atoms with van der Waals surface area (Å²) in [7, 11) is 0. The molecule has 1 aromatic carbocycles. The first-order chi connectivity index (χ1) is 12.8. The van der Waals surface area contributed by atoms with Crippen molar-refractivity contribution < 1.29 is 14.4 Å². The lowest BCUT2D eigenvalue weighted by Gasteiger charge is -2.25. The molecule has 0 aliphatic carbocycles. The zero-order valence-electron chi connectivity index (χ0n) is 16.2. The highest BCUT2D eigenvalue weighted by Crippen LogP contribution is 2.23. The van der Waals surface area contributed by atoms with Gasteiger partial charge in [-0.25, -0.2) is 0 Å². The molecule has 0 bridgehead atoms. The Morgan fingerprint density at radius 2 is 1.70 bits per heavy atom. The van der Waals surface area contributed by atoms with E-state index >= 15 is 0 Å². The van der Waals surface area contributed by atoms with Crippen LogP contribution in [0.5, 0.6) is 0 Å². The number of amides is 2. The van der Waals surface area contributed by atoms with Crippen molar-refractivity contribution in [2.75, 3.05) is 13.1 Å². The lowest BCUT2D eigenvalue weighted by Crippen LogP contribution is -2.42. The minimum Gasteiger partial charge on any atom is -0.350 e. The van der Waals surface area contributed by atoms with E-state index in [1.165, 1.54) is 0 Å². The Morgan fingerprint density at radius 1 is 1.04 bits per heavy atom. The number of ketones is 1. The summed E-state index contributed by atoms with van der Waals surface area (Å²) in [4.78, 5) is 39.5. The molecule has 2 aromatic rings. The molecule has 1 aliphatic rings. The first kappa shape index (κ1) is 19.1. The van der Waals surface area contributed by atoms with Crippen molar-refractivity contribution in [3.8, 4) is 0 Å². The third-order valence-corrected chi connectivity index (χ3v) is 4.70. The molecule has 1 aromatic heterocycles. The number of fused-ring (bicyclic) bond motifs is 1. The number of nitrogens with zero attached hydrogens (tertiary/aromatic N) is 2. The van der Waals surface area contributed by atoms with Crippen molar-refractivity contribution >= 4 is 28.5 Å². The van der Waals surface area contributed by atoms with Gasteiger partial charge in [0.25, 0.3) is 11.7 Å². The molecule has 0 atom stereocenters. The number of benzene rings is 1. The Kier molecular flexibility index (Phi) is 5.35. The van der Waals surface area contributed by atoms with Gasteiger partial charge in [-0.2, -0.15) is 0 Å². The molecule has 0 unspecified atom stereocenters. The second-order valence-corrected chi connectivity index (χ2v) is 8.17. The fourth-order valence-corrected chi connectivity index (χ4v) is 3.53. The van der Waals surface area contributed by atoms with E-state index in [1.54, 1.807) is 15.7 Å². The Balaban J connectivity index is 1.89. The molecule has 1 saturated heterocycles. The van der Waals surface area contributed by atoms with Crippen LogP contribution in [0.4, 0.5) is 0 Å². The van der Waals surface area contributed by atoms with Crippen LogP contribution >= 0.6 is 0 Å². The number of piperidine rings is 1. The second kappa shape index (κ2) is 7.55. The van der Waals surface area contributed by atoms with Gasteiger partial charge >= 0.3 is 0 Å². The number of hydrogen-bond donors (Lipinski definition) is 1. The van der Waals surface area contributed by atoms with E-state index in [1.807, 2.05) is 45.0 Å². The Hall–Kier alpha value is -2.63. The summed E-state index contributed by atoms with van der Waals surface area (Å²) in [6.45, 7) is 7.14. The highest BCUT2D eigenvalue weighted by molar-refractivity contribution is 6.44. The first-order valence-corrected chi connectivity index (χ1v) is 9.49. The van der Waals surface area contributed by atoms with Crippen molar-refractivity contribution in [3.63, 3.8) is 0 Å². The van der Waals surface area contributed by atoms with Crippen molar-refractivity contribution in [1.82, 2.24) is 14.8 Å². The average molecular weight is 369 g/mol. The number of rotatable bonds is 4. The van der Waals surface area contributed by atoms with E-state index in [2.05, 4.69) is 5.32 Å². The van der Waals surface area contributed by atoms with Gasteiger partial charge in [0.1, 0.15) is 6.54 Å². The zero-order chi connectivity index (χ0) is 19.6. The lowest BCUT2D eigenvalue weighted by atomic mass is 10.1. The molecule has 27 heavy (non-hydrogen) atoms. The predicted octanol–water partition coefficient (Wildman–Crippen LogP) is 2.75. The van der Waals surface area contributed by atoms with Gasteiger partial charge in [-0.05, 0) is 46.1 Å². The molecule has 0 saturated carbocycles. The van der Waals surface area contributed by atoms with Crippen molar-refractivity contribution in [2.45, 2.75) is 52.1 Å². The summed E-state index contributed by atoms with van der Waals surface area (Å²) >= 11 is 0. The van der Waals surface area contributed by atoms with Crippen LogP contribution in [-0.4, -0.2) is 45.7 Å². The lowest BCUT2D eigenvalue weighted by molar-refractivity contribution is -0.127. The largest absolute Gasteiger partial charge is 0.350 e. The Labute approximate surface area is 159 Å². The number of para-hydroxylation sites is 1. The third-order valence-electron chi connectivity index (χ3n) is 4.70. The van der Waals surface area contributed by atoms with Crippen LogP contribution in [-0.2, 0) is 16.1 Å². The molecule has 1 aliphatic heterocycles. The van der Waals surface area contributed by atoms with Gasteiger partial charge in [0.2, 0.25) is 5.91 Å². The van der Waals surface area contributed by atoms with E-state index in [0.29, 0.717) is 24.0 Å². The average Bonchev–Trinajstić information content (AvgIpc) is 2.98. The molecule has 1 fully saturated rings. The predicted molar refractivity (Wildman–Crippen MR) is 105 cm³/mol. The Morgan fingerprint density at radius 3 is 2.37 bits per heavy atom. The molecule has 6 nitrogen and oxygen atoms in total. The normalized spacial score (nSPS) is 15.0. The van der Waals surface area contributed by atoms with Gasteiger partial charge < -0.3 is 14.8 Å². The molecule has 2 amide bonds. The number of Topliss-reactive ketones (excluding diaryl/α,β-unsaturated/α-hetero) is 1. The number of aromatic nitrogens is 1. The van der Waals surface area contributed by atoms with E-state index in [9.17, 15) is 14.4 Å².